The van der Waals surface area contributed by atoms with Crippen molar-refractivity contribution < 1.29 is 4.74 Å². The van der Waals surface area contributed by atoms with Gasteiger partial charge in [-0.2, -0.15) is 0 Å². The predicted molar refractivity (Wildman–Crippen MR) is 69.2 cm³/mol. The molecule has 1 aliphatic rings. The Morgan fingerprint density at radius 2 is 1.83 bits per heavy atom. The average molecular weight is 394 g/mol. The first-order valence-corrected chi connectivity index (χ1v) is 7.13. The maximum Gasteiger partial charge on any atom is 0.0654 e. The van der Waals surface area contributed by atoms with Crippen molar-refractivity contribution in [1.29, 1.82) is 0 Å². The molecule has 0 aromatic rings. The molecule has 1 rings (SSSR count). The summed E-state index contributed by atoms with van der Waals surface area (Å²) in [6, 6.07) is 0. The van der Waals surface area contributed by atoms with E-state index in [0.717, 1.165) is 14.5 Å². The molecule has 0 N–H and O–H groups in total. The monoisotopic (exact) mass is 394 g/mol. The van der Waals surface area contributed by atoms with E-state index in [1.54, 1.807) is 0 Å². The minimum Gasteiger partial charge on any atom is -0.379 e. The smallest absolute Gasteiger partial charge is 0.0654 e. The Balaban J connectivity index is 2.20. The number of halogens is 2. The highest BCUT2D eigenvalue weighted by Gasteiger charge is 2.24. The lowest BCUT2D eigenvalue weighted by Crippen LogP contribution is -2.24. The summed E-state index contributed by atoms with van der Waals surface area (Å²) >= 11 is 5.07. The molecule has 1 aliphatic carbocycles. The molecule has 3 heteroatoms. The van der Waals surface area contributed by atoms with Gasteiger partial charge in [0.25, 0.3) is 0 Å². The summed E-state index contributed by atoms with van der Waals surface area (Å²) in [6.07, 6.45) is 5.85. The normalized spacial score (nSPS) is 31.0. The maximum atomic E-state index is 5.61. The van der Waals surface area contributed by atoms with Crippen LogP contribution in [0.3, 0.4) is 0 Å². The van der Waals surface area contributed by atoms with Crippen molar-refractivity contribution >= 4 is 45.2 Å². The molecule has 0 radical (unpaired) electrons. The Bertz CT molecular complexity index is 120. The lowest BCUT2D eigenvalue weighted by atomic mass is 9.89. The topological polar surface area (TPSA) is 9.23 Å². The Morgan fingerprint density at radius 1 is 1.25 bits per heavy atom. The van der Waals surface area contributed by atoms with Gasteiger partial charge in [-0.3, -0.25) is 0 Å². The third-order valence-electron chi connectivity index (χ3n) is 2.48. The minimum absolute atomic E-state index is 0.567. The number of rotatable bonds is 3. The largest absolute Gasteiger partial charge is 0.379 e. The molecular weight excluding hydrogens is 378 g/mol. The van der Waals surface area contributed by atoms with Crippen LogP contribution in [-0.4, -0.2) is 14.6 Å². The molecule has 0 amide bonds. The minimum atomic E-state index is 0.567. The van der Waals surface area contributed by atoms with Gasteiger partial charge in [-0.25, -0.2) is 0 Å². The molecule has 0 atom stereocenters. The zero-order chi connectivity index (χ0) is 8.97. The first-order chi connectivity index (χ1) is 5.74. The Labute approximate surface area is 102 Å². The van der Waals surface area contributed by atoms with Crippen LogP contribution in [-0.2, 0) is 4.74 Å². The van der Waals surface area contributed by atoms with Crippen molar-refractivity contribution in [2.75, 3.05) is 6.61 Å². The van der Waals surface area contributed by atoms with E-state index in [2.05, 4.69) is 52.1 Å². The summed E-state index contributed by atoms with van der Waals surface area (Å²) in [5, 5.41) is 0. The Hall–Kier alpha value is 1.42. The van der Waals surface area contributed by atoms with Crippen LogP contribution in [0.1, 0.15) is 32.6 Å². The zero-order valence-electron chi connectivity index (χ0n) is 7.43. The quantitative estimate of drug-likeness (QED) is 0.523. The second-order valence-corrected chi connectivity index (χ2v) is 8.39. The van der Waals surface area contributed by atoms with Gasteiger partial charge in [0, 0.05) is 6.61 Å². The molecule has 1 fully saturated rings. The molecule has 1 nitrogen and oxygen atoms in total. The summed E-state index contributed by atoms with van der Waals surface area (Å²) in [5.74, 6) is 0.933. The molecule has 72 valence electrons. The molecule has 0 saturated heterocycles. The summed E-state index contributed by atoms with van der Waals surface area (Å²) < 4.78 is 6.41. The number of ether oxygens (including phenoxy) is 1. The van der Waals surface area contributed by atoms with E-state index in [4.69, 9.17) is 4.74 Å². The zero-order valence-corrected chi connectivity index (χ0v) is 11.7. The van der Waals surface area contributed by atoms with Crippen molar-refractivity contribution in [1.82, 2.24) is 0 Å². The summed E-state index contributed by atoms with van der Waals surface area (Å²) in [7, 11) is 0. The van der Waals surface area contributed by atoms with E-state index in [1.165, 1.54) is 25.7 Å². The van der Waals surface area contributed by atoms with Crippen molar-refractivity contribution in [2.45, 2.75) is 40.6 Å². The van der Waals surface area contributed by atoms with E-state index < -0.39 is 0 Å². The highest BCUT2D eigenvalue weighted by atomic mass is 127. The van der Waals surface area contributed by atoms with Crippen LogP contribution in [0.25, 0.3) is 0 Å². The van der Waals surface area contributed by atoms with Gasteiger partial charge in [0.1, 0.15) is 0 Å². The van der Waals surface area contributed by atoms with Crippen molar-refractivity contribution in [3.05, 3.63) is 0 Å². The van der Waals surface area contributed by atoms with Crippen LogP contribution in [0, 0.1) is 5.92 Å². The van der Waals surface area contributed by atoms with Crippen LogP contribution in [0.15, 0.2) is 0 Å². The van der Waals surface area contributed by atoms with Crippen molar-refractivity contribution in [2.24, 2.45) is 5.92 Å². The third-order valence-corrected chi connectivity index (χ3v) is 4.51. The summed E-state index contributed by atoms with van der Waals surface area (Å²) in [4.78, 5) is 0. The number of alkyl halides is 2. The van der Waals surface area contributed by atoms with Crippen molar-refractivity contribution in [3.63, 3.8) is 0 Å². The van der Waals surface area contributed by atoms with Gasteiger partial charge >= 0.3 is 0 Å². The van der Waals surface area contributed by atoms with Gasteiger partial charge in [-0.15, -0.1) is 0 Å². The fourth-order valence-electron chi connectivity index (χ4n) is 1.74. The Kier molecular flexibility index (Phi) is 5.75. The number of hydrogen-bond acceptors (Lipinski definition) is 1. The fourth-order valence-corrected chi connectivity index (χ4v) is 3.18. The van der Waals surface area contributed by atoms with E-state index >= 15 is 0 Å². The van der Waals surface area contributed by atoms with Gasteiger partial charge in [-0.05, 0) is 38.5 Å². The van der Waals surface area contributed by atoms with Crippen LogP contribution in [0.2, 0.25) is 0 Å². The van der Waals surface area contributed by atoms with Crippen molar-refractivity contribution in [3.8, 4) is 0 Å². The van der Waals surface area contributed by atoms with Gasteiger partial charge in [0.05, 0.1) is 8.04 Å². The van der Waals surface area contributed by atoms with Gasteiger partial charge in [0.2, 0.25) is 0 Å². The van der Waals surface area contributed by atoms with E-state index in [-0.39, 0.29) is 0 Å². The molecule has 0 bridgehead atoms. The van der Waals surface area contributed by atoms with Gasteiger partial charge < -0.3 is 4.74 Å². The predicted octanol–water partition coefficient (Wildman–Crippen LogP) is 3.78. The van der Waals surface area contributed by atoms with Gasteiger partial charge in [0.15, 0.2) is 0 Å². The first kappa shape index (κ1) is 11.5. The lowest BCUT2D eigenvalue weighted by molar-refractivity contribution is 0.0280. The molecular formula is C9H16I2O. The maximum absolute atomic E-state index is 5.61. The molecule has 1 saturated carbocycles. The molecule has 0 unspecified atom stereocenters. The number of hydrogen-bond donors (Lipinski definition) is 0. The SMILES string of the molecule is CCOC1CCC(C(I)I)CC1. The van der Waals surface area contributed by atoms with Crippen LogP contribution in [0.5, 0.6) is 0 Å². The third kappa shape index (κ3) is 3.65. The Morgan fingerprint density at radius 3 is 2.25 bits per heavy atom. The van der Waals surface area contributed by atoms with E-state index in [1.807, 2.05) is 0 Å². The van der Waals surface area contributed by atoms with E-state index in [0.29, 0.717) is 6.10 Å². The standard InChI is InChI=1S/C9H16I2O/c1-2-12-8-5-3-7(4-6-8)9(10)11/h7-9H,2-6H2,1H3. The first-order valence-electron chi connectivity index (χ1n) is 4.63. The summed E-state index contributed by atoms with van der Waals surface area (Å²) in [6.45, 7) is 2.97. The highest BCUT2D eigenvalue weighted by Crippen LogP contribution is 2.34. The lowest BCUT2D eigenvalue weighted by Gasteiger charge is -2.29. The second-order valence-electron chi connectivity index (χ2n) is 3.33. The molecule has 0 aliphatic heterocycles. The van der Waals surface area contributed by atoms with Gasteiger partial charge in [-0.1, -0.05) is 45.2 Å². The van der Waals surface area contributed by atoms with Crippen LogP contribution >= 0.6 is 45.2 Å². The molecule has 0 aromatic carbocycles. The molecule has 0 heterocycles. The molecule has 12 heavy (non-hydrogen) atoms. The summed E-state index contributed by atoms with van der Waals surface area (Å²) in [5.41, 5.74) is 0. The second kappa shape index (κ2) is 6.01. The average Bonchev–Trinajstić information content (AvgIpc) is 2.06. The van der Waals surface area contributed by atoms with E-state index in [9.17, 15) is 0 Å². The van der Waals surface area contributed by atoms with Crippen LogP contribution in [0.4, 0.5) is 0 Å². The van der Waals surface area contributed by atoms with Crippen LogP contribution < -0.4 is 0 Å². The molecule has 0 spiro atoms. The highest BCUT2D eigenvalue weighted by molar-refractivity contribution is 14.2. The fraction of sp³-hybridized carbons (Fsp3) is 1.00. The molecule has 0 aromatic heterocycles.